The molecule has 142 valence electrons. The number of carbonyl (C=O) groups excluding carboxylic acids is 1. The molecule has 0 aromatic carbocycles. The number of unbranched alkanes of at least 4 members (excludes halogenated alkanes) is 2. The lowest BCUT2D eigenvalue weighted by Crippen LogP contribution is -2.48. The molecule has 25 heavy (non-hydrogen) atoms. The summed E-state index contributed by atoms with van der Waals surface area (Å²) < 4.78 is -0.782. The smallest absolute Gasteiger partial charge is 0.414 e. The molecule has 1 saturated heterocycles. The van der Waals surface area contributed by atoms with Crippen molar-refractivity contribution in [2.75, 3.05) is 25.6 Å². The number of nitrogens with one attached hydrogen (secondary N) is 1. The highest BCUT2D eigenvalue weighted by Crippen LogP contribution is 2.40. The molecule has 3 N–H and O–H groups in total. The molecule has 1 heterocycles. The molecule has 0 radical (unpaired) electrons. The number of rotatable bonds is 6. The molecule has 0 aromatic heterocycles. The Labute approximate surface area is 156 Å². The van der Waals surface area contributed by atoms with E-state index in [0.717, 1.165) is 30.8 Å². The molecule has 0 unspecified atom stereocenters. The van der Waals surface area contributed by atoms with Gasteiger partial charge in [0.25, 0.3) is 0 Å². The van der Waals surface area contributed by atoms with Crippen LogP contribution in [0.4, 0.5) is 0 Å². The predicted molar refractivity (Wildman–Crippen MR) is 98.3 cm³/mol. The topological polar surface area (TPSA) is 131 Å². The summed E-state index contributed by atoms with van der Waals surface area (Å²) >= 11 is 3.09. The van der Waals surface area contributed by atoms with Crippen LogP contribution in [-0.4, -0.2) is 68.8 Å². The second-order valence-electron chi connectivity index (χ2n) is 5.58. The van der Waals surface area contributed by atoms with Gasteiger partial charge >= 0.3 is 11.9 Å². The van der Waals surface area contributed by atoms with E-state index in [2.05, 4.69) is 37.3 Å². The van der Waals surface area contributed by atoms with Crippen LogP contribution in [0, 0.1) is 11.3 Å². The Balaban J connectivity index is 0.000000823. The molecule has 0 aromatic rings. The van der Waals surface area contributed by atoms with Gasteiger partial charge in [-0.1, -0.05) is 19.8 Å². The highest BCUT2D eigenvalue weighted by Gasteiger charge is 2.39. The van der Waals surface area contributed by atoms with Gasteiger partial charge in [-0.25, -0.2) is 9.59 Å². The van der Waals surface area contributed by atoms with Crippen LogP contribution in [0.15, 0.2) is 0 Å². The summed E-state index contributed by atoms with van der Waals surface area (Å²) in [6.45, 7) is 2.11. The molecule has 0 spiro atoms. The first-order valence-electron chi connectivity index (χ1n) is 7.80. The number of amides is 1. The van der Waals surface area contributed by atoms with Crippen molar-refractivity contribution in [1.82, 2.24) is 10.2 Å². The summed E-state index contributed by atoms with van der Waals surface area (Å²) in [5.41, 5.74) is 0. The Morgan fingerprint density at radius 1 is 1.20 bits per heavy atom. The van der Waals surface area contributed by atoms with Crippen LogP contribution in [-0.2, 0) is 14.4 Å². The van der Waals surface area contributed by atoms with E-state index < -0.39 is 16.1 Å². The van der Waals surface area contributed by atoms with Gasteiger partial charge in [0.15, 0.2) is 0 Å². The molecule has 0 aliphatic carbocycles. The van der Waals surface area contributed by atoms with Crippen molar-refractivity contribution in [3.05, 3.63) is 0 Å². The number of thioether (sulfide) groups is 2. The number of nitrogens with zero attached hydrogens (tertiary/aromatic N) is 2. The van der Waals surface area contributed by atoms with E-state index in [1.54, 1.807) is 23.5 Å². The van der Waals surface area contributed by atoms with E-state index in [9.17, 15) is 10.1 Å². The zero-order valence-corrected chi connectivity index (χ0v) is 16.3. The molecule has 1 fully saturated rings. The Bertz CT molecular complexity index is 488. The van der Waals surface area contributed by atoms with E-state index in [1.165, 1.54) is 0 Å². The largest absolute Gasteiger partial charge is 0.473 e. The molecule has 0 saturated carbocycles. The molecule has 10 heteroatoms. The third kappa shape index (κ3) is 9.57. The Morgan fingerprint density at radius 2 is 1.72 bits per heavy atom. The lowest BCUT2D eigenvalue weighted by atomic mass is 10.2. The Morgan fingerprint density at radius 3 is 2.08 bits per heavy atom. The normalized spacial score (nSPS) is 22.3. The monoisotopic (exact) mass is 391 g/mol. The minimum Gasteiger partial charge on any atom is -0.473 e. The second-order valence-corrected chi connectivity index (χ2v) is 8.31. The fraction of sp³-hybridized carbons (Fsp3) is 0.733. The third-order valence-electron chi connectivity index (χ3n) is 3.33. The van der Waals surface area contributed by atoms with Crippen molar-refractivity contribution in [3.63, 3.8) is 0 Å². The lowest BCUT2D eigenvalue weighted by Gasteiger charge is -2.36. The van der Waals surface area contributed by atoms with Gasteiger partial charge < -0.3 is 20.4 Å². The van der Waals surface area contributed by atoms with Crippen molar-refractivity contribution < 1.29 is 24.6 Å². The number of carboxylic acids is 2. The number of hydrogen-bond donors (Lipinski definition) is 3. The summed E-state index contributed by atoms with van der Waals surface area (Å²) in [5.74, 6) is -1.89. The van der Waals surface area contributed by atoms with Gasteiger partial charge in [0.2, 0.25) is 10.1 Å². The zero-order chi connectivity index (χ0) is 19.5. The number of hydrogen-bond acceptors (Lipinski definition) is 7. The molecular formula is C15H25N3O5S2. The number of nitriles is 1. The van der Waals surface area contributed by atoms with Gasteiger partial charge in [0.05, 0.1) is 0 Å². The van der Waals surface area contributed by atoms with E-state index in [-0.39, 0.29) is 5.91 Å². The highest BCUT2D eigenvalue weighted by molar-refractivity contribution is 8.19. The SMILES string of the molecule is CCCCCC(=O)NC1(C#N)SCC(N(C)C)CS1.O=C(O)C(=O)O. The van der Waals surface area contributed by atoms with Crippen molar-refractivity contribution in [2.45, 2.75) is 42.9 Å². The van der Waals surface area contributed by atoms with Crippen LogP contribution >= 0.6 is 23.5 Å². The summed E-state index contributed by atoms with van der Waals surface area (Å²) in [6.07, 6.45) is 3.59. The van der Waals surface area contributed by atoms with Crippen LogP contribution < -0.4 is 5.32 Å². The van der Waals surface area contributed by atoms with Crippen molar-refractivity contribution in [2.24, 2.45) is 0 Å². The molecule has 0 atom stereocenters. The fourth-order valence-electron chi connectivity index (χ4n) is 1.76. The molecule has 1 aliphatic heterocycles. The minimum absolute atomic E-state index is 0.00157. The summed E-state index contributed by atoms with van der Waals surface area (Å²) in [5, 5.41) is 27.1. The van der Waals surface area contributed by atoms with Crippen LogP contribution in [0.1, 0.15) is 32.6 Å². The molecule has 1 rings (SSSR count). The van der Waals surface area contributed by atoms with Crippen molar-refractivity contribution in [1.29, 1.82) is 5.26 Å². The summed E-state index contributed by atoms with van der Waals surface area (Å²) in [6, 6.07) is 2.74. The second kappa shape index (κ2) is 12.0. The molecular weight excluding hydrogens is 366 g/mol. The van der Waals surface area contributed by atoms with Gasteiger partial charge in [0, 0.05) is 24.0 Å². The maximum atomic E-state index is 11.9. The maximum absolute atomic E-state index is 11.9. The maximum Gasteiger partial charge on any atom is 0.414 e. The molecule has 8 nitrogen and oxygen atoms in total. The number of aliphatic carboxylic acids is 2. The van der Waals surface area contributed by atoms with E-state index >= 15 is 0 Å². The van der Waals surface area contributed by atoms with Gasteiger partial charge in [-0.05, 0) is 20.5 Å². The van der Waals surface area contributed by atoms with Gasteiger partial charge in [0.1, 0.15) is 6.07 Å². The highest BCUT2D eigenvalue weighted by atomic mass is 32.2. The van der Waals surface area contributed by atoms with E-state index in [1.807, 2.05) is 0 Å². The summed E-state index contributed by atoms with van der Waals surface area (Å²) in [7, 11) is 4.10. The third-order valence-corrected chi connectivity index (χ3v) is 6.34. The zero-order valence-electron chi connectivity index (χ0n) is 14.7. The first-order chi connectivity index (χ1) is 11.7. The van der Waals surface area contributed by atoms with E-state index in [4.69, 9.17) is 19.8 Å². The van der Waals surface area contributed by atoms with E-state index in [0.29, 0.717) is 12.5 Å². The number of carbonyl (C=O) groups is 3. The first-order valence-corrected chi connectivity index (χ1v) is 9.77. The van der Waals surface area contributed by atoms with Gasteiger partial charge in [-0.15, -0.1) is 23.5 Å². The Kier molecular flexibility index (Phi) is 11.3. The fourth-order valence-corrected chi connectivity index (χ4v) is 4.84. The van der Waals surface area contributed by atoms with Crippen LogP contribution in [0.25, 0.3) is 0 Å². The van der Waals surface area contributed by atoms with Crippen LogP contribution in [0.5, 0.6) is 0 Å². The standard InChI is InChI=1S/C13H23N3OS2.C2H2O4/c1-4-5-6-7-12(17)15-13(10-14)18-8-11(9-19-13)16(2)3;3-1(4)2(5)6/h11H,4-9H2,1-3H3,(H,15,17);(H,3,4)(H,5,6). The van der Waals surface area contributed by atoms with Crippen molar-refractivity contribution in [3.8, 4) is 6.07 Å². The predicted octanol–water partition coefficient (Wildman–Crippen LogP) is 1.43. The minimum atomic E-state index is -1.82. The number of carboxylic acid groups (broad SMARTS) is 2. The molecule has 1 amide bonds. The Hall–Kier alpha value is -1.44. The average molecular weight is 392 g/mol. The van der Waals surface area contributed by atoms with Gasteiger partial charge in [-0.3, -0.25) is 4.79 Å². The molecule has 0 bridgehead atoms. The quantitative estimate of drug-likeness (QED) is 0.454. The van der Waals surface area contributed by atoms with Gasteiger partial charge in [-0.2, -0.15) is 5.26 Å². The summed E-state index contributed by atoms with van der Waals surface area (Å²) in [4.78, 5) is 32.2. The first kappa shape index (κ1) is 23.6. The van der Waals surface area contributed by atoms with Crippen molar-refractivity contribution >= 4 is 41.4 Å². The average Bonchev–Trinajstić information content (AvgIpc) is 2.56. The van der Waals surface area contributed by atoms with Crippen LogP contribution in [0.2, 0.25) is 0 Å². The molecule has 1 aliphatic rings. The lowest BCUT2D eigenvalue weighted by molar-refractivity contribution is -0.159. The van der Waals surface area contributed by atoms with Crippen LogP contribution in [0.3, 0.4) is 0 Å².